The van der Waals surface area contributed by atoms with Crippen molar-refractivity contribution in [3.8, 4) is 0 Å². The second-order valence-corrected chi connectivity index (χ2v) is 12.4. The van der Waals surface area contributed by atoms with Crippen LogP contribution in [0.4, 0.5) is 18.0 Å². The maximum Gasteiger partial charge on any atom is 0.320 e. The van der Waals surface area contributed by atoms with Gasteiger partial charge in [0, 0.05) is 55.6 Å². The van der Waals surface area contributed by atoms with Gasteiger partial charge in [-0.25, -0.2) is 18.0 Å². The van der Waals surface area contributed by atoms with E-state index in [0.717, 1.165) is 51.1 Å². The summed E-state index contributed by atoms with van der Waals surface area (Å²) in [5.74, 6) is -1.07. The van der Waals surface area contributed by atoms with E-state index in [9.17, 15) is 18.0 Å². The van der Waals surface area contributed by atoms with E-state index in [1.807, 2.05) is 35.2 Å². The maximum atomic E-state index is 14.9. The number of nitrogens with zero attached hydrogens (tertiary/aromatic N) is 4. The highest BCUT2D eigenvalue weighted by molar-refractivity contribution is 6.09. The zero-order chi connectivity index (χ0) is 29.3. The van der Waals surface area contributed by atoms with Gasteiger partial charge < -0.3 is 20.0 Å². The first kappa shape index (κ1) is 28.8. The molecule has 3 heterocycles. The summed E-state index contributed by atoms with van der Waals surface area (Å²) in [7, 11) is 1.89. The van der Waals surface area contributed by atoms with Gasteiger partial charge in [-0.15, -0.1) is 0 Å². The number of piperidine rings is 2. The topological polar surface area (TPSA) is 51.2 Å². The van der Waals surface area contributed by atoms with Crippen LogP contribution in [0.2, 0.25) is 0 Å². The molecule has 42 heavy (non-hydrogen) atoms. The molecule has 2 aromatic carbocycles. The molecule has 1 spiro atoms. The fourth-order valence-electron chi connectivity index (χ4n) is 7.69. The van der Waals surface area contributed by atoms with Gasteiger partial charge in [-0.3, -0.25) is 4.99 Å². The third kappa shape index (κ3) is 5.68. The Labute approximate surface area is 246 Å². The Morgan fingerprint density at radius 2 is 1.86 bits per heavy atom. The first-order valence-corrected chi connectivity index (χ1v) is 15.3. The normalized spacial score (nSPS) is 25.7. The molecular weight excluding hydrogens is 539 g/mol. The van der Waals surface area contributed by atoms with E-state index in [2.05, 4.69) is 15.2 Å². The average Bonchev–Trinajstić information content (AvgIpc) is 3.47. The lowest BCUT2D eigenvalue weighted by atomic mass is 9.69. The molecule has 2 amide bonds. The monoisotopic (exact) mass is 579 g/mol. The molecule has 9 heteroatoms. The molecule has 0 radical (unpaired) electrons. The lowest BCUT2D eigenvalue weighted by Gasteiger charge is -2.50. The fourth-order valence-corrected chi connectivity index (χ4v) is 7.69. The Morgan fingerprint density at radius 3 is 2.57 bits per heavy atom. The van der Waals surface area contributed by atoms with E-state index in [-0.39, 0.29) is 23.3 Å². The largest absolute Gasteiger partial charge is 0.358 e. The first-order chi connectivity index (χ1) is 20.4. The van der Waals surface area contributed by atoms with Crippen molar-refractivity contribution < 1.29 is 18.0 Å². The molecule has 3 atom stereocenters. The van der Waals surface area contributed by atoms with Crippen LogP contribution in [0, 0.1) is 28.8 Å². The van der Waals surface area contributed by atoms with Crippen LogP contribution in [0.15, 0.2) is 59.7 Å². The Hall–Kier alpha value is -3.33. The van der Waals surface area contributed by atoms with E-state index < -0.39 is 17.7 Å². The number of hydrogen-bond donors (Lipinski definition) is 1. The number of benzene rings is 2. The first-order valence-electron chi connectivity index (χ1n) is 15.3. The number of carbonyl (C=O) groups excluding carboxylic acids is 1. The van der Waals surface area contributed by atoms with Gasteiger partial charge in [0.15, 0.2) is 0 Å². The van der Waals surface area contributed by atoms with E-state index in [0.29, 0.717) is 55.5 Å². The Bertz CT molecular complexity index is 1360. The highest BCUT2D eigenvalue weighted by Crippen LogP contribution is 2.49. The van der Waals surface area contributed by atoms with Crippen molar-refractivity contribution in [3.05, 3.63) is 83.3 Å². The molecule has 0 bridgehead atoms. The van der Waals surface area contributed by atoms with Gasteiger partial charge in [-0.05, 0) is 74.8 Å². The van der Waals surface area contributed by atoms with E-state index in [1.165, 1.54) is 18.2 Å². The summed E-state index contributed by atoms with van der Waals surface area (Å²) in [6.45, 7) is 3.21. The fraction of sp³-hybridized carbons (Fsp3) is 0.515. The number of urea groups is 1. The molecular formula is C33H40F3N5O. The molecule has 4 aliphatic rings. The van der Waals surface area contributed by atoms with Crippen LogP contribution in [0.3, 0.4) is 0 Å². The SMILES string of the molecule is CN[C@@H]1CCN(C(=O)N2CC[C@@H](CN3C=CC(c4ccccc4F)=NC3)C3(CCCC3)C2)[C@H](c2ccc(F)cc2F)C1. The molecule has 3 aliphatic heterocycles. The van der Waals surface area contributed by atoms with Crippen molar-refractivity contribution in [2.45, 2.75) is 57.0 Å². The summed E-state index contributed by atoms with van der Waals surface area (Å²) in [4.78, 5) is 24.8. The summed E-state index contributed by atoms with van der Waals surface area (Å²) in [6, 6.07) is 10.1. The number of likely N-dealkylation sites (tertiary alicyclic amines) is 2. The van der Waals surface area contributed by atoms with Crippen LogP contribution >= 0.6 is 0 Å². The Morgan fingerprint density at radius 1 is 1.05 bits per heavy atom. The Balaban J connectivity index is 1.15. The van der Waals surface area contributed by atoms with Gasteiger partial charge in [0.25, 0.3) is 0 Å². The molecule has 3 fully saturated rings. The molecule has 0 unspecified atom stereocenters. The standard InChI is InChI=1S/C33H40F3N5O/c1-37-25-11-17-41(31(19-25)27-9-8-24(34)18-29(27)36)32(42)40-16-10-23(33(21-40)13-4-5-14-33)20-39-15-12-30(38-22-39)26-6-2-3-7-28(26)35/h2-3,6-9,12,15,18,23,25,31,37H,4-5,10-11,13-14,16-17,19-22H2,1H3/t23-,25+,31-/m0/s1. The second kappa shape index (κ2) is 12.1. The van der Waals surface area contributed by atoms with Gasteiger partial charge in [-0.2, -0.15) is 0 Å². The van der Waals surface area contributed by atoms with Gasteiger partial charge in [0.05, 0.1) is 11.8 Å². The zero-order valence-corrected chi connectivity index (χ0v) is 24.2. The predicted octanol–water partition coefficient (Wildman–Crippen LogP) is 6.11. The van der Waals surface area contributed by atoms with Gasteiger partial charge in [0.1, 0.15) is 24.1 Å². The molecule has 2 saturated heterocycles. The zero-order valence-electron chi connectivity index (χ0n) is 24.2. The highest BCUT2D eigenvalue weighted by Gasteiger charge is 2.48. The molecule has 224 valence electrons. The van der Waals surface area contributed by atoms with Crippen molar-refractivity contribution in [1.82, 2.24) is 20.0 Å². The van der Waals surface area contributed by atoms with Crippen LogP contribution < -0.4 is 5.32 Å². The molecule has 1 aliphatic carbocycles. The van der Waals surface area contributed by atoms with Crippen molar-refractivity contribution >= 4 is 11.7 Å². The quantitative estimate of drug-likeness (QED) is 0.465. The minimum atomic E-state index is -0.613. The van der Waals surface area contributed by atoms with E-state index >= 15 is 0 Å². The third-order valence-electron chi connectivity index (χ3n) is 10.0. The predicted molar refractivity (Wildman–Crippen MR) is 158 cm³/mol. The summed E-state index contributed by atoms with van der Waals surface area (Å²) in [6.07, 6.45) is 10.7. The van der Waals surface area contributed by atoms with Crippen LogP contribution in [-0.2, 0) is 0 Å². The summed E-state index contributed by atoms with van der Waals surface area (Å²) < 4.78 is 42.9. The summed E-state index contributed by atoms with van der Waals surface area (Å²) in [5, 5.41) is 3.29. The van der Waals surface area contributed by atoms with Gasteiger partial charge >= 0.3 is 6.03 Å². The van der Waals surface area contributed by atoms with Crippen molar-refractivity contribution in [3.63, 3.8) is 0 Å². The minimum absolute atomic E-state index is 0.0389. The summed E-state index contributed by atoms with van der Waals surface area (Å²) in [5.41, 5.74) is 1.60. The molecule has 6 nitrogen and oxygen atoms in total. The van der Waals surface area contributed by atoms with Crippen LogP contribution in [0.5, 0.6) is 0 Å². The van der Waals surface area contributed by atoms with Crippen molar-refractivity contribution in [2.75, 3.05) is 39.9 Å². The molecule has 6 rings (SSSR count). The maximum absolute atomic E-state index is 14.9. The van der Waals surface area contributed by atoms with Crippen LogP contribution in [-0.4, -0.2) is 72.4 Å². The van der Waals surface area contributed by atoms with Crippen molar-refractivity contribution in [1.29, 1.82) is 0 Å². The number of aliphatic imine (C=N–C) groups is 1. The van der Waals surface area contributed by atoms with Crippen molar-refractivity contribution in [2.24, 2.45) is 16.3 Å². The number of amides is 2. The number of halogens is 3. The molecule has 2 aromatic rings. The number of nitrogens with one attached hydrogen (secondary N) is 1. The number of carbonyl (C=O) groups is 1. The van der Waals surface area contributed by atoms with E-state index in [1.54, 1.807) is 12.1 Å². The average molecular weight is 580 g/mol. The lowest BCUT2D eigenvalue weighted by Crippen LogP contribution is -2.57. The molecule has 1 saturated carbocycles. The van der Waals surface area contributed by atoms with Crippen LogP contribution in [0.1, 0.15) is 62.1 Å². The van der Waals surface area contributed by atoms with Crippen LogP contribution in [0.25, 0.3) is 0 Å². The van der Waals surface area contributed by atoms with Gasteiger partial charge in [-0.1, -0.05) is 31.0 Å². The minimum Gasteiger partial charge on any atom is -0.358 e. The lowest BCUT2D eigenvalue weighted by molar-refractivity contribution is 0.0179. The van der Waals surface area contributed by atoms with Gasteiger partial charge in [0.2, 0.25) is 0 Å². The molecule has 1 N–H and O–H groups in total. The second-order valence-electron chi connectivity index (χ2n) is 12.4. The number of hydrogen-bond acceptors (Lipinski definition) is 4. The Kier molecular flexibility index (Phi) is 8.30. The highest BCUT2D eigenvalue weighted by atomic mass is 19.1. The number of allylic oxidation sites excluding steroid dienone is 1. The van der Waals surface area contributed by atoms with E-state index in [4.69, 9.17) is 0 Å². The molecule has 0 aromatic heterocycles. The smallest absolute Gasteiger partial charge is 0.320 e. The third-order valence-corrected chi connectivity index (χ3v) is 10.0. The summed E-state index contributed by atoms with van der Waals surface area (Å²) >= 11 is 0. The number of rotatable bonds is 5.